The van der Waals surface area contributed by atoms with Crippen molar-refractivity contribution in [3.63, 3.8) is 0 Å². The Hall–Kier alpha value is -3.05. The van der Waals surface area contributed by atoms with Gasteiger partial charge in [-0.2, -0.15) is 5.26 Å². The van der Waals surface area contributed by atoms with Crippen LogP contribution < -0.4 is 14.8 Å². The maximum Gasteiger partial charge on any atom is 0.412 e. The van der Waals surface area contributed by atoms with Gasteiger partial charge in [-0.1, -0.05) is 32.0 Å². The lowest BCUT2D eigenvalue weighted by molar-refractivity contribution is 0.193. The summed E-state index contributed by atoms with van der Waals surface area (Å²) in [6.07, 6.45) is -0.733. The van der Waals surface area contributed by atoms with Gasteiger partial charge < -0.3 is 14.8 Å². The highest BCUT2D eigenvalue weighted by molar-refractivity contribution is 7.91. The molecule has 0 aliphatic carbocycles. The first-order chi connectivity index (χ1) is 14.2. The van der Waals surface area contributed by atoms with Crippen LogP contribution >= 0.6 is 0 Å². The number of hydrogen-bond acceptors (Lipinski definition) is 6. The molecule has 2 aromatic rings. The fourth-order valence-electron chi connectivity index (χ4n) is 2.78. The molecule has 0 saturated heterocycles. The standard InChI is InChI=1S/C22H26N2O5S/c1-15(2)21(24-22(25)29-20-7-5-6-19(12-20)28-4)14-30(26,27)16(3)18-10-8-17(13-23)9-11-18/h5-12,15-16,21H,14H2,1-4H3,(H,24,25)/t16?,21-/m1/s1. The summed E-state index contributed by atoms with van der Waals surface area (Å²) in [4.78, 5) is 12.3. The number of amides is 1. The summed E-state index contributed by atoms with van der Waals surface area (Å²) < 4.78 is 36.3. The van der Waals surface area contributed by atoms with Crippen LogP contribution in [-0.2, 0) is 9.84 Å². The summed E-state index contributed by atoms with van der Waals surface area (Å²) in [7, 11) is -2.07. The van der Waals surface area contributed by atoms with Crippen LogP contribution in [0.1, 0.15) is 37.1 Å². The molecule has 0 aliphatic heterocycles. The van der Waals surface area contributed by atoms with Crippen molar-refractivity contribution in [2.24, 2.45) is 5.92 Å². The molecule has 2 atom stereocenters. The predicted octanol–water partition coefficient (Wildman–Crippen LogP) is 3.86. The van der Waals surface area contributed by atoms with Gasteiger partial charge in [-0.3, -0.25) is 0 Å². The minimum absolute atomic E-state index is 0.134. The smallest absolute Gasteiger partial charge is 0.412 e. The van der Waals surface area contributed by atoms with E-state index in [1.807, 2.05) is 19.9 Å². The number of ether oxygens (including phenoxy) is 2. The molecule has 0 radical (unpaired) electrons. The molecule has 0 spiro atoms. The molecule has 1 unspecified atom stereocenters. The Balaban J connectivity index is 2.09. The van der Waals surface area contributed by atoms with Crippen LogP contribution in [0.5, 0.6) is 11.5 Å². The summed E-state index contributed by atoms with van der Waals surface area (Å²) >= 11 is 0. The SMILES string of the molecule is COc1cccc(OC(=O)N[C@H](CS(=O)(=O)C(C)c2ccc(C#N)cc2)C(C)C)c1. The molecule has 1 amide bonds. The first-order valence-electron chi connectivity index (χ1n) is 9.50. The second kappa shape index (κ2) is 10.1. The van der Waals surface area contributed by atoms with E-state index in [4.69, 9.17) is 14.7 Å². The topological polar surface area (TPSA) is 105 Å². The fraction of sp³-hybridized carbons (Fsp3) is 0.364. The average molecular weight is 431 g/mol. The number of hydrogen-bond donors (Lipinski definition) is 1. The molecule has 2 aromatic carbocycles. The van der Waals surface area contributed by atoms with Crippen molar-refractivity contribution in [1.82, 2.24) is 5.32 Å². The maximum absolute atomic E-state index is 12.9. The molecule has 0 saturated carbocycles. The Labute approximate surface area is 177 Å². The first-order valence-corrected chi connectivity index (χ1v) is 11.2. The number of benzene rings is 2. The zero-order valence-corrected chi connectivity index (χ0v) is 18.3. The van der Waals surface area contributed by atoms with Gasteiger partial charge in [0.1, 0.15) is 11.5 Å². The van der Waals surface area contributed by atoms with Crippen LogP contribution in [0.2, 0.25) is 0 Å². The summed E-state index contributed by atoms with van der Waals surface area (Å²) in [6.45, 7) is 5.26. The maximum atomic E-state index is 12.9. The quantitative estimate of drug-likeness (QED) is 0.682. The average Bonchev–Trinajstić information content (AvgIpc) is 2.72. The molecule has 8 heteroatoms. The molecule has 7 nitrogen and oxygen atoms in total. The number of carbonyl (C=O) groups excluding carboxylic acids is 1. The van der Waals surface area contributed by atoms with E-state index in [0.29, 0.717) is 22.6 Å². The number of nitriles is 1. The zero-order valence-electron chi connectivity index (χ0n) is 17.5. The van der Waals surface area contributed by atoms with Gasteiger partial charge in [0.2, 0.25) is 0 Å². The monoisotopic (exact) mass is 430 g/mol. The van der Waals surface area contributed by atoms with E-state index >= 15 is 0 Å². The molecule has 0 heterocycles. The minimum Gasteiger partial charge on any atom is -0.497 e. The molecule has 160 valence electrons. The Bertz CT molecular complexity index is 1010. The molecule has 30 heavy (non-hydrogen) atoms. The van der Waals surface area contributed by atoms with Crippen molar-refractivity contribution in [3.05, 3.63) is 59.7 Å². The minimum atomic E-state index is -3.58. The normalized spacial score (nSPS) is 13.2. The molecule has 2 rings (SSSR count). The number of rotatable bonds is 8. The number of carbonyl (C=O) groups is 1. The Kier molecular flexibility index (Phi) is 7.84. The van der Waals surface area contributed by atoms with Crippen LogP contribution in [0.15, 0.2) is 48.5 Å². The van der Waals surface area contributed by atoms with E-state index in [2.05, 4.69) is 5.32 Å². The largest absolute Gasteiger partial charge is 0.497 e. The highest BCUT2D eigenvalue weighted by Crippen LogP contribution is 2.25. The Morgan fingerprint density at radius 3 is 2.30 bits per heavy atom. The van der Waals surface area contributed by atoms with Gasteiger partial charge in [-0.05, 0) is 42.7 Å². The van der Waals surface area contributed by atoms with E-state index in [1.165, 1.54) is 7.11 Å². The van der Waals surface area contributed by atoms with E-state index in [0.717, 1.165) is 0 Å². The van der Waals surface area contributed by atoms with Gasteiger partial charge in [-0.15, -0.1) is 0 Å². The second-order valence-corrected chi connectivity index (χ2v) is 9.64. The molecule has 1 N–H and O–H groups in total. The van der Waals surface area contributed by atoms with Crippen molar-refractivity contribution < 1.29 is 22.7 Å². The fourth-order valence-corrected chi connectivity index (χ4v) is 4.61. The number of nitrogens with zero attached hydrogens (tertiary/aromatic N) is 1. The summed E-state index contributed by atoms with van der Waals surface area (Å²) in [6, 6.07) is 14.4. The van der Waals surface area contributed by atoms with Crippen molar-refractivity contribution in [2.45, 2.75) is 32.1 Å². The molecular formula is C22H26N2O5S. The van der Waals surface area contributed by atoms with E-state index in [1.54, 1.807) is 55.5 Å². The number of sulfone groups is 1. The van der Waals surface area contributed by atoms with E-state index < -0.39 is 27.2 Å². The van der Waals surface area contributed by atoms with Gasteiger partial charge in [0.15, 0.2) is 9.84 Å². The van der Waals surface area contributed by atoms with Crippen molar-refractivity contribution in [1.29, 1.82) is 5.26 Å². The highest BCUT2D eigenvalue weighted by Gasteiger charge is 2.29. The molecule has 0 aliphatic rings. The van der Waals surface area contributed by atoms with Crippen LogP contribution in [-0.4, -0.2) is 33.4 Å². The molecule has 0 fully saturated rings. The lowest BCUT2D eigenvalue weighted by Crippen LogP contribution is -2.45. The number of methoxy groups -OCH3 is 1. The lowest BCUT2D eigenvalue weighted by Gasteiger charge is -2.24. The van der Waals surface area contributed by atoms with Gasteiger partial charge in [-0.25, -0.2) is 13.2 Å². The van der Waals surface area contributed by atoms with Gasteiger partial charge in [0.25, 0.3) is 0 Å². The van der Waals surface area contributed by atoms with Gasteiger partial charge in [0, 0.05) is 12.1 Å². The van der Waals surface area contributed by atoms with E-state index in [9.17, 15) is 13.2 Å². The first kappa shape index (κ1) is 23.2. The predicted molar refractivity (Wildman–Crippen MR) is 114 cm³/mol. The van der Waals surface area contributed by atoms with Crippen LogP contribution in [0.25, 0.3) is 0 Å². The van der Waals surface area contributed by atoms with Crippen molar-refractivity contribution >= 4 is 15.9 Å². The second-order valence-electron chi connectivity index (χ2n) is 7.27. The van der Waals surface area contributed by atoms with Gasteiger partial charge >= 0.3 is 6.09 Å². The third kappa shape index (κ3) is 6.22. The van der Waals surface area contributed by atoms with Crippen LogP contribution in [0.3, 0.4) is 0 Å². The van der Waals surface area contributed by atoms with Crippen molar-refractivity contribution in [3.8, 4) is 17.6 Å². The molecular weight excluding hydrogens is 404 g/mol. The summed E-state index contributed by atoms with van der Waals surface area (Å²) in [5.41, 5.74) is 1.06. The van der Waals surface area contributed by atoms with E-state index in [-0.39, 0.29) is 11.7 Å². The number of nitrogens with one attached hydrogen (secondary N) is 1. The lowest BCUT2D eigenvalue weighted by atomic mass is 10.1. The third-order valence-corrected chi connectivity index (χ3v) is 6.99. The highest BCUT2D eigenvalue weighted by atomic mass is 32.2. The Morgan fingerprint density at radius 2 is 1.73 bits per heavy atom. The van der Waals surface area contributed by atoms with Crippen LogP contribution in [0, 0.1) is 17.2 Å². The van der Waals surface area contributed by atoms with Crippen molar-refractivity contribution in [2.75, 3.05) is 12.9 Å². The molecule has 0 bridgehead atoms. The third-order valence-electron chi connectivity index (χ3n) is 4.82. The zero-order chi connectivity index (χ0) is 22.3. The van der Waals surface area contributed by atoms with Crippen LogP contribution in [0.4, 0.5) is 4.79 Å². The summed E-state index contributed by atoms with van der Waals surface area (Å²) in [5, 5.41) is 10.8. The Morgan fingerprint density at radius 1 is 1.10 bits per heavy atom. The summed E-state index contributed by atoms with van der Waals surface area (Å²) in [5.74, 6) is 0.465. The van der Waals surface area contributed by atoms with Gasteiger partial charge in [0.05, 0.1) is 29.7 Å². The molecule has 0 aromatic heterocycles.